The van der Waals surface area contributed by atoms with Gasteiger partial charge in [-0.1, -0.05) is 158 Å². The highest BCUT2D eigenvalue weighted by molar-refractivity contribution is 6.09. The van der Waals surface area contributed by atoms with E-state index >= 15 is 0 Å². The van der Waals surface area contributed by atoms with Crippen LogP contribution in [-0.2, 0) is 0 Å². The zero-order valence-corrected chi connectivity index (χ0v) is 28.8. The van der Waals surface area contributed by atoms with Crippen LogP contribution in [0.15, 0.2) is 218 Å². The summed E-state index contributed by atoms with van der Waals surface area (Å²) in [6.45, 7) is 0. The molecule has 0 aliphatic rings. The number of anilines is 3. The predicted molar refractivity (Wildman–Crippen MR) is 229 cm³/mol. The molecule has 1 heterocycles. The Kier molecular flexibility index (Phi) is 5.32. The maximum absolute atomic E-state index is 9.63. The van der Waals surface area contributed by atoms with Gasteiger partial charge in [0, 0.05) is 33.5 Å². The number of nitrogens with zero attached hydrogens (tertiary/aromatic N) is 2. The van der Waals surface area contributed by atoms with Gasteiger partial charge in [0.05, 0.1) is 27.5 Å². The first-order chi connectivity index (χ1) is 31.8. The molecule has 54 heavy (non-hydrogen) atoms. The van der Waals surface area contributed by atoms with Gasteiger partial charge < -0.3 is 9.47 Å². The largest absolute Gasteiger partial charge is 0.311 e. The molecule has 0 bridgehead atoms. The van der Waals surface area contributed by atoms with E-state index < -0.39 is 89.6 Å². The van der Waals surface area contributed by atoms with E-state index in [2.05, 4.69) is 4.57 Å². The number of para-hydroxylation sites is 2. The van der Waals surface area contributed by atoms with Crippen LogP contribution >= 0.6 is 0 Å². The first-order valence-corrected chi connectivity index (χ1v) is 17.5. The lowest BCUT2D eigenvalue weighted by molar-refractivity contribution is 1.18. The van der Waals surface area contributed by atoms with Crippen molar-refractivity contribution in [3.63, 3.8) is 0 Å². The van der Waals surface area contributed by atoms with E-state index in [9.17, 15) is 16.4 Å². The second kappa shape index (κ2) is 13.4. The summed E-state index contributed by atoms with van der Waals surface area (Å²) in [7, 11) is 0. The molecule has 0 saturated carbocycles. The summed E-state index contributed by atoms with van der Waals surface area (Å²) in [5.74, 6) is 0. The zero-order chi connectivity index (χ0) is 46.3. The quantitative estimate of drug-likeness (QED) is 0.161. The van der Waals surface area contributed by atoms with Gasteiger partial charge in [-0.05, 0) is 105 Å². The molecule has 0 aliphatic carbocycles. The van der Waals surface area contributed by atoms with E-state index in [0.717, 1.165) is 32.1 Å². The summed E-state index contributed by atoms with van der Waals surface area (Å²) in [5, 5.41) is 3.51. The Bertz CT molecular complexity index is 3500. The van der Waals surface area contributed by atoms with Gasteiger partial charge in [-0.3, -0.25) is 0 Å². The highest BCUT2D eigenvalue weighted by Gasteiger charge is 2.16. The predicted octanol–water partition coefficient (Wildman–Crippen LogP) is 14.4. The summed E-state index contributed by atoms with van der Waals surface area (Å²) in [6, 6.07) is 36.9. The van der Waals surface area contributed by atoms with Crippen molar-refractivity contribution >= 4 is 49.6 Å². The van der Waals surface area contributed by atoms with Crippen molar-refractivity contribution in [1.82, 2.24) is 4.57 Å². The van der Waals surface area contributed by atoms with Crippen molar-refractivity contribution in [2.75, 3.05) is 4.90 Å². The monoisotopic (exact) mass is 700 g/mol. The Balaban J connectivity index is 1.24. The Morgan fingerprint density at radius 2 is 0.815 bits per heavy atom. The molecule has 0 N–H and O–H groups in total. The van der Waals surface area contributed by atoms with Crippen molar-refractivity contribution in [2.45, 2.75) is 0 Å². The fourth-order valence-electron chi connectivity index (χ4n) is 7.06. The summed E-state index contributed by atoms with van der Waals surface area (Å²) in [4.78, 5) is 0.849. The molecular weight excluding hydrogens is 653 g/mol. The van der Waals surface area contributed by atoms with Crippen LogP contribution in [0.3, 0.4) is 0 Å². The third-order valence-corrected chi connectivity index (χ3v) is 9.60. The van der Waals surface area contributed by atoms with E-state index in [-0.39, 0.29) is 16.7 Å². The molecule has 1 aromatic heterocycles. The lowest BCUT2D eigenvalue weighted by Gasteiger charge is -2.26. The first-order valence-electron chi connectivity index (χ1n) is 23.5. The molecule has 0 amide bonds. The molecule has 254 valence electrons. The Hall–Kier alpha value is -7.16. The lowest BCUT2D eigenvalue weighted by Crippen LogP contribution is -2.09. The number of hydrogen-bond acceptors (Lipinski definition) is 1. The fraction of sp³-hybridized carbons (Fsp3) is 0. The van der Waals surface area contributed by atoms with Gasteiger partial charge in [0.2, 0.25) is 0 Å². The minimum Gasteiger partial charge on any atom is -0.311 e. The SMILES string of the molecule is [2H]c1c([2H])c(N(c2c([2H])c([2H])c(-c3cccc(-n4c5ccccc5c5ccccc54)c3)c([2H])c2[2H])c2c([2H])c([2H])c(-c3cccc4ccccc34)c([2H])c2[2H])c([2H])c([2H])c1-c1ccccc1. The van der Waals surface area contributed by atoms with Crippen LogP contribution in [0.5, 0.6) is 0 Å². The molecule has 2 heteroatoms. The molecule has 2 nitrogen and oxygen atoms in total. The molecule has 9 aromatic carbocycles. The lowest BCUT2D eigenvalue weighted by atomic mass is 9.98. The van der Waals surface area contributed by atoms with E-state index in [0.29, 0.717) is 27.8 Å². The van der Waals surface area contributed by atoms with Crippen molar-refractivity contribution < 1.29 is 16.4 Å². The number of rotatable bonds is 7. The van der Waals surface area contributed by atoms with E-state index in [1.165, 1.54) is 0 Å². The molecular formula is C52H36N2. The molecule has 10 aromatic rings. The highest BCUT2D eigenvalue weighted by Crippen LogP contribution is 2.39. The van der Waals surface area contributed by atoms with Gasteiger partial charge in [-0.2, -0.15) is 0 Å². The smallest absolute Gasteiger partial charge is 0.0645 e. The number of benzene rings is 9. The van der Waals surface area contributed by atoms with E-state index in [4.69, 9.17) is 0 Å². The standard InChI is InChI=1S/C52H36N2/c1-2-12-37(13-3-1)38-24-30-43(31-25-38)53(45-34-28-41(29-35-45)48-21-11-15-40-14-4-5-18-47(40)48)44-32-26-39(27-33-44)42-16-10-17-46(36-42)54-51-22-8-6-19-49(51)50-20-7-9-23-52(50)54/h1-36H/i24D,25D,26D,27D,28D,29D,30D,31D,32D,33D,34D,35D. The molecule has 0 aliphatic heterocycles. The Morgan fingerprint density at radius 3 is 1.44 bits per heavy atom. The van der Waals surface area contributed by atoms with Crippen LogP contribution in [0.2, 0.25) is 0 Å². The van der Waals surface area contributed by atoms with Crippen molar-refractivity contribution in [3.8, 4) is 39.1 Å². The minimum absolute atomic E-state index is 0.0393. The topological polar surface area (TPSA) is 8.17 Å². The van der Waals surface area contributed by atoms with Gasteiger partial charge in [0.1, 0.15) is 0 Å². The minimum atomic E-state index is -0.674. The average Bonchev–Trinajstić information content (AvgIpc) is 3.67. The molecule has 0 fully saturated rings. The average molecular weight is 701 g/mol. The van der Waals surface area contributed by atoms with Crippen LogP contribution in [0.4, 0.5) is 17.1 Å². The van der Waals surface area contributed by atoms with Crippen LogP contribution in [0.25, 0.3) is 71.6 Å². The van der Waals surface area contributed by atoms with E-state index in [1.54, 1.807) is 72.8 Å². The highest BCUT2D eigenvalue weighted by atomic mass is 15.1. The first kappa shape index (κ1) is 21.4. The van der Waals surface area contributed by atoms with E-state index in [1.807, 2.05) is 72.8 Å². The van der Waals surface area contributed by atoms with Gasteiger partial charge >= 0.3 is 0 Å². The van der Waals surface area contributed by atoms with Gasteiger partial charge in [-0.25, -0.2) is 0 Å². The normalized spacial score (nSPS) is 14.4. The van der Waals surface area contributed by atoms with Crippen molar-refractivity contribution in [2.24, 2.45) is 0 Å². The summed E-state index contributed by atoms with van der Waals surface area (Å²) in [5.41, 5.74) is 1.80. The zero-order valence-electron chi connectivity index (χ0n) is 40.8. The third-order valence-electron chi connectivity index (χ3n) is 9.60. The molecule has 0 radical (unpaired) electrons. The molecule has 0 saturated heterocycles. The van der Waals surface area contributed by atoms with Crippen molar-refractivity contribution in [1.29, 1.82) is 0 Å². The number of hydrogen-bond donors (Lipinski definition) is 0. The molecule has 0 unspecified atom stereocenters. The second-order valence-electron chi connectivity index (χ2n) is 12.8. The number of aromatic nitrogens is 1. The fourth-order valence-corrected chi connectivity index (χ4v) is 7.06. The summed E-state index contributed by atoms with van der Waals surface area (Å²) >= 11 is 0. The second-order valence-corrected chi connectivity index (χ2v) is 12.8. The number of fused-ring (bicyclic) bond motifs is 4. The van der Waals surface area contributed by atoms with Crippen molar-refractivity contribution in [3.05, 3.63) is 218 Å². The van der Waals surface area contributed by atoms with Gasteiger partial charge in [0.15, 0.2) is 0 Å². The van der Waals surface area contributed by atoms with Crippen LogP contribution in [-0.4, -0.2) is 4.57 Å². The maximum Gasteiger partial charge on any atom is 0.0645 e. The van der Waals surface area contributed by atoms with Gasteiger partial charge in [-0.15, -0.1) is 0 Å². The van der Waals surface area contributed by atoms with Crippen LogP contribution < -0.4 is 4.90 Å². The van der Waals surface area contributed by atoms with Gasteiger partial charge in [0.25, 0.3) is 0 Å². The molecule has 0 atom stereocenters. The molecule has 10 rings (SSSR count). The van der Waals surface area contributed by atoms with Crippen LogP contribution in [0.1, 0.15) is 16.4 Å². The third kappa shape index (κ3) is 5.62. The summed E-state index contributed by atoms with van der Waals surface area (Å²) in [6.07, 6.45) is 0. The van der Waals surface area contributed by atoms with Crippen LogP contribution in [0, 0.1) is 0 Å². The molecule has 0 spiro atoms. The summed E-state index contributed by atoms with van der Waals surface area (Å²) < 4.78 is 116. The Labute approximate surface area is 332 Å². The Morgan fingerprint density at radius 1 is 0.352 bits per heavy atom. The maximum atomic E-state index is 9.63.